The number of nitrogens with zero attached hydrogens (tertiary/aromatic N) is 3. The van der Waals surface area contributed by atoms with Gasteiger partial charge in [-0.05, 0) is 43.7 Å². The van der Waals surface area contributed by atoms with Gasteiger partial charge in [-0.1, -0.05) is 47.6 Å². The number of hydrogen-bond donors (Lipinski definition) is 1. The molecule has 0 aliphatic rings. The fourth-order valence-electron chi connectivity index (χ4n) is 2.46. The van der Waals surface area contributed by atoms with Gasteiger partial charge >= 0.3 is 0 Å². The van der Waals surface area contributed by atoms with Crippen LogP contribution in [-0.2, 0) is 11.8 Å². The van der Waals surface area contributed by atoms with Crippen molar-refractivity contribution in [3.63, 3.8) is 0 Å². The van der Waals surface area contributed by atoms with E-state index in [2.05, 4.69) is 15.5 Å². The van der Waals surface area contributed by atoms with E-state index in [1.54, 1.807) is 24.3 Å². The van der Waals surface area contributed by atoms with E-state index in [0.717, 1.165) is 17.0 Å². The maximum atomic E-state index is 12.4. The van der Waals surface area contributed by atoms with Crippen molar-refractivity contribution in [3.8, 4) is 11.4 Å². The lowest BCUT2D eigenvalue weighted by atomic mass is 10.1. The number of amides is 1. The molecular formula is C19H19ClN4OS. The molecule has 2 aromatic carbocycles. The normalized spacial score (nSPS) is 12.0. The largest absolute Gasteiger partial charge is 0.325 e. The highest BCUT2D eigenvalue weighted by Gasteiger charge is 2.20. The lowest BCUT2D eigenvalue weighted by Gasteiger charge is -2.12. The molecule has 0 bridgehead atoms. The van der Waals surface area contributed by atoms with Gasteiger partial charge in [0.1, 0.15) is 0 Å². The molecule has 134 valence electrons. The highest BCUT2D eigenvalue weighted by atomic mass is 35.5. The van der Waals surface area contributed by atoms with Crippen molar-refractivity contribution < 1.29 is 4.79 Å². The highest BCUT2D eigenvalue weighted by Crippen LogP contribution is 2.27. The SMILES string of the molecule is Cc1ccccc1-c1nnc(S[C@H](C)C(=O)Nc2ccc(Cl)cc2)n1C. The van der Waals surface area contributed by atoms with Crippen LogP contribution < -0.4 is 5.32 Å². The van der Waals surface area contributed by atoms with E-state index in [0.29, 0.717) is 15.9 Å². The van der Waals surface area contributed by atoms with Crippen LogP contribution in [0.2, 0.25) is 5.02 Å². The third-order valence-corrected chi connectivity index (χ3v) is 5.37. The molecule has 0 fully saturated rings. The molecule has 0 aliphatic heterocycles. The van der Waals surface area contributed by atoms with Crippen molar-refractivity contribution in [3.05, 3.63) is 59.1 Å². The molecule has 3 aromatic rings. The summed E-state index contributed by atoms with van der Waals surface area (Å²) in [4.78, 5) is 12.4. The summed E-state index contributed by atoms with van der Waals surface area (Å²) in [5, 5.41) is 12.4. The van der Waals surface area contributed by atoms with Gasteiger partial charge in [0, 0.05) is 23.3 Å². The van der Waals surface area contributed by atoms with E-state index in [1.165, 1.54) is 11.8 Å². The lowest BCUT2D eigenvalue weighted by molar-refractivity contribution is -0.115. The van der Waals surface area contributed by atoms with Crippen LogP contribution in [0.5, 0.6) is 0 Å². The van der Waals surface area contributed by atoms with Gasteiger partial charge in [0.15, 0.2) is 11.0 Å². The number of rotatable bonds is 5. The standard InChI is InChI=1S/C19H19ClN4OS/c1-12-6-4-5-7-16(12)17-22-23-19(24(17)3)26-13(2)18(25)21-15-10-8-14(20)9-11-15/h4-11,13H,1-3H3,(H,21,25)/t13-/m1/s1. The van der Waals surface area contributed by atoms with Gasteiger partial charge in [-0.15, -0.1) is 10.2 Å². The Hall–Kier alpha value is -2.31. The number of thioether (sulfide) groups is 1. The zero-order valence-electron chi connectivity index (χ0n) is 14.7. The van der Waals surface area contributed by atoms with E-state index in [9.17, 15) is 4.79 Å². The molecule has 7 heteroatoms. The van der Waals surface area contributed by atoms with Crippen LogP contribution in [0.25, 0.3) is 11.4 Å². The number of aryl methyl sites for hydroxylation is 1. The van der Waals surface area contributed by atoms with Gasteiger partial charge in [-0.25, -0.2) is 0 Å². The summed E-state index contributed by atoms with van der Waals surface area (Å²) in [6.07, 6.45) is 0. The number of anilines is 1. The Labute approximate surface area is 161 Å². The molecule has 0 saturated heterocycles. The first-order valence-electron chi connectivity index (χ1n) is 8.14. The molecule has 1 heterocycles. The van der Waals surface area contributed by atoms with Gasteiger partial charge in [-0.3, -0.25) is 4.79 Å². The molecule has 1 N–H and O–H groups in total. The van der Waals surface area contributed by atoms with Crippen LogP contribution in [-0.4, -0.2) is 25.9 Å². The number of aromatic nitrogens is 3. The molecule has 1 amide bonds. The summed E-state index contributed by atoms with van der Waals surface area (Å²) < 4.78 is 1.92. The summed E-state index contributed by atoms with van der Waals surface area (Å²) in [5.41, 5.74) is 2.88. The number of hydrogen-bond acceptors (Lipinski definition) is 4. The Bertz CT molecular complexity index is 924. The minimum Gasteiger partial charge on any atom is -0.325 e. The van der Waals surface area contributed by atoms with Crippen molar-refractivity contribution in [1.29, 1.82) is 0 Å². The third kappa shape index (κ3) is 4.08. The zero-order chi connectivity index (χ0) is 18.7. The highest BCUT2D eigenvalue weighted by molar-refractivity contribution is 8.00. The van der Waals surface area contributed by atoms with Crippen molar-refractivity contribution >= 4 is 35.0 Å². The topological polar surface area (TPSA) is 59.8 Å². The minimum atomic E-state index is -0.321. The quantitative estimate of drug-likeness (QED) is 0.653. The van der Waals surface area contributed by atoms with Crippen molar-refractivity contribution in [2.45, 2.75) is 24.3 Å². The first-order valence-corrected chi connectivity index (χ1v) is 9.40. The summed E-state index contributed by atoms with van der Waals surface area (Å²) >= 11 is 7.24. The third-order valence-electron chi connectivity index (χ3n) is 3.98. The Kier molecular flexibility index (Phi) is 5.64. The van der Waals surface area contributed by atoms with Gasteiger partial charge in [-0.2, -0.15) is 0 Å². The van der Waals surface area contributed by atoms with Gasteiger partial charge in [0.05, 0.1) is 5.25 Å². The zero-order valence-corrected chi connectivity index (χ0v) is 16.3. The Morgan fingerprint density at radius 1 is 1.15 bits per heavy atom. The Morgan fingerprint density at radius 2 is 1.85 bits per heavy atom. The van der Waals surface area contributed by atoms with E-state index >= 15 is 0 Å². The first kappa shape index (κ1) is 18.5. The molecule has 0 radical (unpaired) electrons. The minimum absolute atomic E-state index is 0.0993. The lowest BCUT2D eigenvalue weighted by Crippen LogP contribution is -2.22. The summed E-state index contributed by atoms with van der Waals surface area (Å²) in [6, 6.07) is 15.1. The first-order chi connectivity index (χ1) is 12.5. The molecule has 0 unspecified atom stereocenters. The fourth-order valence-corrected chi connectivity index (χ4v) is 3.41. The van der Waals surface area contributed by atoms with E-state index in [-0.39, 0.29) is 11.2 Å². The van der Waals surface area contributed by atoms with Crippen molar-refractivity contribution in [1.82, 2.24) is 14.8 Å². The molecular weight excluding hydrogens is 368 g/mol. The predicted octanol–water partition coefficient (Wildman–Crippen LogP) is 4.56. The second-order valence-corrected chi connectivity index (χ2v) is 7.68. The molecule has 5 nitrogen and oxygen atoms in total. The average Bonchev–Trinajstić information content (AvgIpc) is 2.98. The van der Waals surface area contributed by atoms with E-state index < -0.39 is 0 Å². The molecule has 0 saturated carbocycles. The summed E-state index contributed by atoms with van der Waals surface area (Å²) in [5.74, 6) is 0.689. The number of carbonyl (C=O) groups excluding carboxylic acids is 1. The number of halogens is 1. The predicted molar refractivity (Wildman–Crippen MR) is 107 cm³/mol. The van der Waals surface area contributed by atoms with Gasteiger partial charge in [0.25, 0.3) is 0 Å². The smallest absolute Gasteiger partial charge is 0.237 e. The van der Waals surface area contributed by atoms with E-state index in [1.807, 2.05) is 49.7 Å². The maximum absolute atomic E-state index is 12.4. The van der Waals surface area contributed by atoms with Gasteiger partial charge < -0.3 is 9.88 Å². The molecule has 0 aliphatic carbocycles. The van der Waals surface area contributed by atoms with Crippen LogP contribution in [0, 0.1) is 6.92 Å². The van der Waals surface area contributed by atoms with Crippen molar-refractivity contribution in [2.75, 3.05) is 5.32 Å². The average molecular weight is 387 g/mol. The molecule has 0 spiro atoms. The monoisotopic (exact) mass is 386 g/mol. The van der Waals surface area contributed by atoms with E-state index in [4.69, 9.17) is 11.6 Å². The van der Waals surface area contributed by atoms with Crippen molar-refractivity contribution in [2.24, 2.45) is 7.05 Å². The van der Waals surface area contributed by atoms with Crippen LogP contribution in [0.4, 0.5) is 5.69 Å². The fraction of sp³-hybridized carbons (Fsp3) is 0.211. The molecule has 3 rings (SSSR count). The number of benzene rings is 2. The summed E-state index contributed by atoms with van der Waals surface area (Å²) in [6.45, 7) is 3.89. The molecule has 1 atom stereocenters. The Balaban J connectivity index is 1.71. The molecule has 1 aromatic heterocycles. The second-order valence-electron chi connectivity index (χ2n) is 5.94. The van der Waals surface area contributed by atoms with Crippen LogP contribution >= 0.6 is 23.4 Å². The summed E-state index contributed by atoms with van der Waals surface area (Å²) in [7, 11) is 1.91. The van der Waals surface area contributed by atoms with Crippen LogP contribution in [0.3, 0.4) is 0 Å². The second kappa shape index (κ2) is 7.93. The molecule has 26 heavy (non-hydrogen) atoms. The number of carbonyl (C=O) groups is 1. The van der Waals surface area contributed by atoms with Gasteiger partial charge in [0.2, 0.25) is 5.91 Å². The maximum Gasteiger partial charge on any atom is 0.237 e. The number of nitrogens with one attached hydrogen (secondary N) is 1. The van der Waals surface area contributed by atoms with Crippen LogP contribution in [0.1, 0.15) is 12.5 Å². The van der Waals surface area contributed by atoms with Crippen LogP contribution in [0.15, 0.2) is 53.7 Å². The Morgan fingerprint density at radius 3 is 2.54 bits per heavy atom.